The summed E-state index contributed by atoms with van der Waals surface area (Å²) in [5.74, 6) is 0.621. The van der Waals surface area contributed by atoms with E-state index in [0.29, 0.717) is 12.1 Å². The molecular weight excluding hydrogens is 618 g/mol. The molecule has 4 aromatic rings. The van der Waals surface area contributed by atoms with Crippen molar-refractivity contribution in [2.24, 2.45) is 0 Å². The summed E-state index contributed by atoms with van der Waals surface area (Å²) in [4.78, 5) is 48.3. The van der Waals surface area contributed by atoms with Crippen LogP contribution in [0.25, 0.3) is 33.3 Å². The van der Waals surface area contributed by atoms with Crippen molar-refractivity contribution in [3.63, 3.8) is 0 Å². The zero-order chi connectivity index (χ0) is 34.9. The van der Waals surface area contributed by atoms with Crippen molar-refractivity contribution in [3.8, 4) is 22.3 Å². The number of H-pyrrole nitrogens is 1. The third-order valence-electron chi connectivity index (χ3n) is 8.93. The van der Waals surface area contributed by atoms with E-state index in [1.807, 2.05) is 71.9 Å². The number of imidazole rings is 1. The van der Waals surface area contributed by atoms with Gasteiger partial charge in [0.2, 0.25) is 0 Å². The van der Waals surface area contributed by atoms with E-state index >= 15 is 0 Å². The largest absolute Gasteiger partial charge is 0.444 e. The van der Waals surface area contributed by atoms with Crippen LogP contribution in [0.2, 0.25) is 0 Å². The number of aromatic amines is 1. The van der Waals surface area contributed by atoms with Gasteiger partial charge in [0.15, 0.2) is 0 Å². The Kier molecular flexibility index (Phi) is 9.42. The molecule has 1 aliphatic heterocycles. The topological polar surface area (TPSA) is 126 Å². The Hall–Kier alpha value is -4.86. The zero-order valence-corrected chi connectivity index (χ0v) is 29.3. The van der Waals surface area contributed by atoms with E-state index in [1.54, 1.807) is 4.90 Å². The number of ether oxygens (including phenoxy) is 2. The predicted molar refractivity (Wildman–Crippen MR) is 190 cm³/mol. The fraction of sp³-hybridized carbons (Fsp3) is 0.436. The number of alkyl carbamates (subject to hydrolysis) is 1. The third kappa shape index (κ3) is 8.24. The zero-order valence-electron chi connectivity index (χ0n) is 29.3. The lowest BCUT2D eigenvalue weighted by Gasteiger charge is -2.27. The van der Waals surface area contributed by atoms with Crippen molar-refractivity contribution in [2.75, 3.05) is 6.54 Å². The second kappa shape index (κ2) is 13.6. The van der Waals surface area contributed by atoms with Crippen LogP contribution in [0.5, 0.6) is 0 Å². The van der Waals surface area contributed by atoms with Crippen LogP contribution >= 0.6 is 0 Å². The minimum absolute atomic E-state index is 0.136. The number of fused-ring (bicyclic) bond motifs is 1. The van der Waals surface area contributed by atoms with Crippen LogP contribution in [0.15, 0.2) is 66.7 Å². The molecule has 1 aliphatic carbocycles. The highest BCUT2D eigenvalue weighted by molar-refractivity contribution is 5.95. The summed E-state index contributed by atoms with van der Waals surface area (Å²) in [5, 5.41) is 6.03. The molecule has 0 radical (unpaired) electrons. The summed E-state index contributed by atoms with van der Waals surface area (Å²) >= 11 is 0. The van der Waals surface area contributed by atoms with Gasteiger partial charge in [0.25, 0.3) is 5.91 Å². The minimum atomic E-state index is -0.576. The van der Waals surface area contributed by atoms with Gasteiger partial charge in [-0.3, -0.25) is 9.69 Å². The molecular formula is C39H47N5O5. The van der Waals surface area contributed by atoms with E-state index in [0.717, 1.165) is 71.2 Å². The van der Waals surface area contributed by atoms with Gasteiger partial charge in [0, 0.05) is 18.2 Å². The Labute approximate surface area is 288 Å². The summed E-state index contributed by atoms with van der Waals surface area (Å²) in [6.07, 6.45) is 3.51. The standard InChI is InChI=1S/C39H47N5O5/c1-38(2,3)48-36(46)43-30-10-7-9-29(30)42-35(45)27-18-16-25(17-19-27)24-12-14-26(15-13-24)28-20-21-31-32(23-28)41-34(40-31)33-11-8-22-44(33)37(47)49-39(4,5)6/h12-21,23,29-30,33H,7-11,22H2,1-6H3,(H,40,41)(H,42,45)(H,43,46)/t29-,30-,33-/m0/s1. The maximum atomic E-state index is 13.1. The van der Waals surface area contributed by atoms with Crippen molar-refractivity contribution in [1.82, 2.24) is 25.5 Å². The molecule has 258 valence electrons. The summed E-state index contributed by atoms with van der Waals surface area (Å²) in [6, 6.07) is 21.6. The average Bonchev–Trinajstić information content (AvgIpc) is 3.79. The van der Waals surface area contributed by atoms with Gasteiger partial charge in [-0.05, 0) is 120 Å². The second-order valence-corrected chi connectivity index (χ2v) is 15.1. The Morgan fingerprint density at radius 3 is 1.94 bits per heavy atom. The highest BCUT2D eigenvalue weighted by atomic mass is 16.6. The number of rotatable bonds is 6. The van der Waals surface area contributed by atoms with Crippen LogP contribution in [0, 0.1) is 0 Å². The Balaban J connectivity index is 1.09. The molecule has 3 N–H and O–H groups in total. The number of amides is 3. The molecule has 10 heteroatoms. The summed E-state index contributed by atoms with van der Waals surface area (Å²) in [6.45, 7) is 11.8. The van der Waals surface area contributed by atoms with Gasteiger partial charge in [0.1, 0.15) is 17.0 Å². The first-order valence-corrected chi connectivity index (χ1v) is 17.2. The van der Waals surface area contributed by atoms with Crippen LogP contribution < -0.4 is 10.6 Å². The smallest absolute Gasteiger partial charge is 0.410 e. The number of likely N-dealkylation sites (tertiary alicyclic amines) is 1. The van der Waals surface area contributed by atoms with Gasteiger partial charge in [-0.2, -0.15) is 0 Å². The lowest BCUT2D eigenvalue weighted by molar-refractivity contribution is 0.0218. The van der Waals surface area contributed by atoms with Crippen molar-refractivity contribution < 1.29 is 23.9 Å². The molecule has 6 rings (SSSR count). The van der Waals surface area contributed by atoms with Gasteiger partial charge >= 0.3 is 12.2 Å². The number of aromatic nitrogens is 2. The lowest BCUT2D eigenvalue weighted by atomic mass is 9.99. The van der Waals surface area contributed by atoms with E-state index in [2.05, 4.69) is 52.0 Å². The monoisotopic (exact) mass is 665 g/mol. The van der Waals surface area contributed by atoms with Gasteiger partial charge in [-0.1, -0.05) is 42.5 Å². The number of hydrogen-bond acceptors (Lipinski definition) is 6. The fourth-order valence-electron chi connectivity index (χ4n) is 6.64. The number of carbonyl (C=O) groups excluding carboxylic acids is 3. The first-order chi connectivity index (χ1) is 23.2. The van der Waals surface area contributed by atoms with Gasteiger partial charge in [-0.25, -0.2) is 14.6 Å². The molecule has 2 fully saturated rings. The minimum Gasteiger partial charge on any atom is -0.444 e. The van der Waals surface area contributed by atoms with Gasteiger partial charge in [-0.15, -0.1) is 0 Å². The first kappa shape index (κ1) is 34.0. The quantitative estimate of drug-likeness (QED) is 0.191. The number of benzene rings is 3. The van der Waals surface area contributed by atoms with Crippen LogP contribution in [0.4, 0.5) is 9.59 Å². The average molecular weight is 666 g/mol. The lowest BCUT2D eigenvalue weighted by Crippen LogP contribution is -2.49. The van der Waals surface area contributed by atoms with Crippen molar-refractivity contribution in [2.45, 2.75) is 103 Å². The molecule has 1 saturated heterocycles. The number of carbonyl (C=O) groups is 3. The van der Waals surface area contributed by atoms with E-state index < -0.39 is 17.3 Å². The molecule has 2 heterocycles. The fourth-order valence-corrected chi connectivity index (χ4v) is 6.64. The maximum Gasteiger partial charge on any atom is 0.410 e. The molecule has 3 amide bonds. The third-order valence-corrected chi connectivity index (χ3v) is 8.93. The molecule has 1 saturated carbocycles. The molecule has 0 bridgehead atoms. The SMILES string of the molecule is CC(C)(C)OC(=O)N[C@H]1CCC[C@@H]1NC(=O)c1ccc(-c2ccc(-c3ccc4[nH]c([C@@H]5CCCN5C(=O)OC(C)(C)C)nc4c3)cc2)cc1. The van der Waals surface area contributed by atoms with E-state index in [4.69, 9.17) is 14.5 Å². The van der Waals surface area contributed by atoms with E-state index in [-0.39, 0.29) is 30.1 Å². The summed E-state index contributed by atoms with van der Waals surface area (Å²) in [5.41, 5.74) is 5.39. The first-order valence-electron chi connectivity index (χ1n) is 17.2. The number of hydrogen-bond donors (Lipinski definition) is 3. The van der Waals surface area contributed by atoms with Gasteiger partial charge < -0.3 is 25.1 Å². The molecule has 49 heavy (non-hydrogen) atoms. The summed E-state index contributed by atoms with van der Waals surface area (Å²) in [7, 11) is 0. The van der Waals surface area contributed by atoms with E-state index in [9.17, 15) is 14.4 Å². The van der Waals surface area contributed by atoms with Crippen molar-refractivity contribution in [3.05, 3.63) is 78.1 Å². The van der Waals surface area contributed by atoms with Crippen LogP contribution in [0.1, 0.15) is 95.9 Å². The molecule has 0 unspecified atom stereocenters. The van der Waals surface area contributed by atoms with Crippen LogP contribution in [-0.2, 0) is 9.47 Å². The van der Waals surface area contributed by atoms with Crippen molar-refractivity contribution in [1.29, 1.82) is 0 Å². The Bertz CT molecular complexity index is 1820. The predicted octanol–water partition coefficient (Wildman–Crippen LogP) is 8.14. The van der Waals surface area contributed by atoms with Crippen LogP contribution in [-0.4, -0.2) is 62.8 Å². The highest BCUT2D eigenvalue weighted by Crippen LogP contribution is 2.34. The number of nitrogens with one attached hydrogen (secondary N) is 3. The summed E-state index contributed by atoms with van der Waals surface area (Å²) < 4.78 is 11.0. The van der Waals surface area contributed by atoms with Crippen LogP contribution in [0.3, 0.4) is 0 Å². The molecule has 3 aromatic carbocycles. The molecule has 10 nitrogen and oxygen atoms in total. The molecule has 2 aliphatic rings. The maximum absolute atomic E-state index is 13.1. The van der Waals surface area contributed by atoms with E-state index in [1.165, 1.54) is 0 Å². The van der Waals surface area contributed by atoms with Crippen molar-refractivity contribution >= 4 is 29.1 Å². The second-order valence-electron chi connectivity index (χ2n) is 15.1. The molecule has 1 aromatic heterocycles. The highest BCUT2D eigenvalue weighted by Gasteiger charge is 2.35. The number of nitrogens with zero attached hydrogens (tertiary/aromatic N) is 2. The molecule has 0 spiro atoms. The molecule has 3 atom stereocenters. The Morgan fingerprint density at radius 1 is 0.735 bits per heavy atom. The normalized spacial score (nSPS) is 19.6. The van der Waals surface area contributed by atoms with Gasteiger partial charge in [0.05, 0.1) is 23.1 Å². The Morgan fingerprint density at radius 2 is 1.31 bits per heavy atom.